The largest absolute Gasteiger partial charge is 0.198 e. The Bertz CT molecular complexity index is 121. The summed E-state index contributed by atoms with van der Waals surface area (Å²) in [5.41, 5.74) is 0. The van der Waals surface area contributed by atoms with Gasteiger partial charge in [-0.15, -0.1) is 0 Å². The number of rotatable bonds is 7. The molecule has 0 saturated carbocycles. The van der Waals surface area contributed by atoms with E-state index in [1.165, 1.54) is 25.7 Å². The molecular formula is C10H16N. The fourth-order valence-corrected chi connectivity index (χ4v) is 0.997. The van der Waals surface area contributed by atoms with Crippen molar-refractivity contribution < 1.29 is 0 Å². The van der Waals surface area contributed by atoms with Gasteiger partial charge in [0.25, 0.3) is 0 Å². The minimum Gasteiger partial charge on any atom is -0.198 e. The van der Waals surface area contributed by atoms with E-state index in [9.17, 15) is 0 Å². The average Bonchev–Trinajstić information content (AvgIpc) is 2.03. The predicted octanol–water partition coefficient (Wildman–Crippen LogP) is 3.23. The minimum atomic E-state index is 0.711. The Morgan fingerprint density at radius 1 is 1.09 bits per heavy atom. The van der Waals surface area contributed by atoms with Crippen molar-refractivity contribution >= 4 is 0 Å². The van der Waals surface area contributed by atoms with Crippen LogP contribution in [0.5, 0.6) is 0 Å². The van der Waals surface area contributed by atoms with Gasteiger partial charge in [-0.1, -0.05) is 31.9 Å². The summed E-state index contributed by atoms with van der Waals surface area (Å²) in [6.07, 6.45) is 9.40. The second kappa shape index (κ2) is 9.23. The van der Waals surface area contributed by atoms with Crippen LogP contribution in [0.1, 0.15) is 44.9 Å². The van der Waals surface area contributed by atoms with Crippen LogP contribution in [0.15, 0.2) is 6.08 Å². The first-order chi connectivity index (χ1) is 5.41. The van der Waals surface area contributed by atoms with Crippen molar-refractivity contribution in [2.75, 3.05) is 0 Å². The molecule has 0 spiro atoms. The standard InChI is InChI=1S/C10H16N/c1-2-3-4-5-6-7-8-9-10-11/h1-2H,3-9H2. The van der Waals surface area contributed by atoms with Crippen LogP contribution < -0.4 is 0 Å². The monoisotopic (exact) mass is 150 g/mol. The molecule has 0 heterocycles. The molecule has 0 bridgehead atoms. The predicted molar refractivity (Wildman–Crippen MR) is 46.8 cm³/mol. The summed E-state index contributed by atoms with van der Waals surface area (Å²) >= 11 is 0. The molecule has 0 aromatic heterocycles. The highest BCUT2D eigenvalue weighted by Crippen LogP contribution is 2.06. The van der Waals surface area contributed by atoms with E-state index in [1.807, 2.05) is 0 Å². The van der Waals surface area contributed by atoms with Gasteiger partial charge in [0.2, 0.25) is 0 Å². The van der Waals surface area contributed by atoms with Crippen LogP contribution in [0.4, 0.5) is 0 Å². The molecule has 1 nitrogen and oxygen atoms in total. The van der Waals surface area contributed by atoms with E-state index in [0.717, 1.165) is 12.8 Å². The maximum absolute atomic E-state index is 8.24. The first-order valence-electron chi connectivity index (χ1n) is 4.32. The Balaban J connectivity index is 2.80. The van der Waals surface area contributed by atoms with E-state index in [1.54, 1.807) is 6.08 Å². The number of nitrogens with zero attached hydrogens (tertiary/aromatic N) is 1. The zero-order valence-corrected chi connectivity index (χ0v) is 7.05. The number of nitriles is 1. The highest BCUT2D eigenvalue weighted by atomic mass is 14.2. The lowest BCUT2D eigenvalue weighted by atomic mass is 10.1. The summed E-state index contributed by atoms with van der Waals surface area (Å²) in [5, 5.41) is 8.24. The lowest BCUT2D eigenvalue weighted by Crippen LogP contribution is -1.77. The summed E-state index contributed by atoms with van der Waals surface area (Å²) in [6.45, 7) is 5.22. The number of hydrogen-bond donors (Lipinski definition) is 0. The molecule has 0 aromatic carbocycles. The van der Waals surface area contributed by atoms with Crippen LogP contribution in [0.3, 0.4) is 0 Å². The molecule has 0 aliphatic carbocycles. The molecule has 0 unspecified atom stereocenters. The van der Waals surface area contributed by atoms with Crippen molar-refractivity contribution in [1.29, 1.82) is 5.26 Å². The van der Waals surface area contributed by atoms with Crippen molar-refractivity contribution in [1.82, 2.24) is 0 Å². The van der Waals surface area contributed by atoms with Gasteiger partial charge >= 0.3 is 0 Å². The summed E-state index contributed by atoms with van der Waals surface area (Å²) in [6, 6.07) is 2.14. The van der Waals surface area contributed by atoms with E-state index in [0.29, 0.717) is 6.42 Å². The third-order valence-corrected chi connectivity index (χ3v) is 1.66. The minimum absolute atomic E-state index is 0.711. The van der Waals surface area contributed by atoms with Gasteiger partial charge in [0.05, 0.1) is 6.07 Å². The second-order valence-corrected chi connectivity index (χ2v) is 2.70. The van der Waals surface area contributed by atoms with Crippen molar-refractivity contribution in [3.8, 4) is 6.07 Å². The third-order valence-electron chi connectivity index (χ3n) is 1.66. The Hall–Kier alpha value is -0.770. The zero-order chi connectivity index (χ0) is 8.36. The average molecular weight is 150 g/mol. The quantitative estimate of drug-likeness (QED) is 0.511. The Labute approximate surface area is 69.7 Å². The molecule has 0 aliphatic heterocycles. The Morgan fingerprint density at radius 2 is 1.73 bits per heavy atom. The molecule has 0 saturated heterocycles. The molecule has 1 heteroatoms. The molecule has 0 fully saturated rings. The molecule has 61 valence electrons. The molecule has 0 aromatic rings. The van der Waals surface area contributed by atoms with Crippen molar-refractivity contribution in [2.45, 2.75) is 44.9 Å². The Morgan fingerprint density at radius 3 is 2.36 bits per heavy atom. The maximum atomic E-state index is 8.24. The molecule has 0 amide bonds. The fraction of sp³-hybridized carbons (Fsp3) is 0.700. The zero-order valence-electron chi connectivity index (χ0n) is 7.05. The molecule has 0 N–H and O–H groups in total. The molecule has 11 heavy (non-hydrogen) atoms. The first-order valence-corrected chi connectivity index (χ1v) is 4.32. The van der Waals surface area contributed by atoms with Crippen LogP contribution in [0, 0.1) is 17.9 Å². The van der Waals surface area contributed by atoms with Crippen LogP contribution >= 0.6 is 0 Å². The lowest BCUT2D eigenvalue weighted by Gasteiger charge is -1.95. The fourth-order valence-electron chi connectivity index (χ4n) is 0.997. The van der Waals surface area contributed by atoms with Crippen molar-refractivity contribution in [2.24, 2.45) is 0 Å². The van der Waals surface area contributed by atoms with Gasteiger partial charge in [0.1, 0.15) is 0 Å². The number of unbranched alkanes of at least 4 members (excludes halogenated alkanes) is 6. The highest BCUT2D eigenvalue weighted by molar-refractivity contribution is 4.68. The summed E-state index contributed by atoms with van der Waals surface area (Å²) in [5.74, 6) is 0. The van der Waals surface area contributed by atoms with E-state index in [-0.39, 0.29) is 0 Å². The molecule has 0 aliphatic rings. The first kappa shape index (κ1) is 10.2. The van der Waals surface area contributed by atoms with E-state index < -0.39 is 0 Å². The summed E-state index contributed by atoms with van der Waals surface area (Å²) < 4.78 is 0. The van der Waals surface area contributed by atoms with Gasteiger partial charge in [-0.05, 0) is 19.3 Å². The highest BCUT2D eigenvalue weighted by Gasteiger charge is 1.88. The summed E-state index contributed by atoms with van der Waals surface area (Å²) in [7, 11) is 0. The number of hydrogen-bond acceptors (Lipinski definition) is 1. The molecule has 0 atom stereocenters. The van der Waals surface area contributed by atoms with Crippen LogP contribution in [-0.2, 0) is 0 Å². The second-order valence-electron chi connectivity index (χ2n) is 2.70. The Kier molecular flexibility index (Phi) is 8.58. The van der Waals surface area contributed by atoms with Crippen molar-refractivity contribution in [3.63, 3.8) is 0 Å². The van der Waals surface area contributed by atoms with Gasteiger partial charge in [-0.3, -0.25) is 0 Å². The summed E-state index contributed by atoms with van der Waals surface area (Å²) in [4.78, 5) is 0. The van der Waals surface area contributed by atoms with Crippen molar-refractivity contribution in [3.05, 3.63) is 12.7 Å². The van der Waals surface area contributed by atoms with Gasteiger partial charge in [0, 0.05) is 6.42 Å². The van der Waals surface area contributed by atoms with Gasteiger partial charge in [0.15, 0.2) is 0 Å². The molecule has 1 radical (unpaired) electrons. The topological polar surface area (TPSA) is 23.8 Å². The number of allylic oxidation sites excluding steroid dienone is 1. The van der Waals surface area contributed by atoms with Gasteiger partial charge < -0.3 is 0 Å². The molecular weight excluding hydrogens is 134 g/mol. The van der Waals surface area contributed by atoms with Crippen LogP contribution in [0.25, 0.3) is 0 Å². The van der Waals surface area contributed by atoms with E-state index in [2.05, 4.69) is 6.07 Å². The van der Waals surface area contributed by atoms with Gasteiger partial charge in [-0.25, -0.2) is 0 Å². The van der Waals surface area contributed by atoms with Gasteiger partial charge in [-0.2, -0.15) is 5.26 Å². The van der Waals surface area contributed by atoms with E-state index in [4.69, 9.17) is 11.8 Å². The normalized spacial score (nSPS) is 9.00. The van der Waals surface area contributed by atoms with Crippen LogP contribution in [-0.4, -0.2) is 0 Å². The molecule has 0 rings (SSSR count). The third kappa shape index (κ3) is 9.23. The smallest absolute Gasteiger partial charge is 0.0621 e. The SMILES string of the molecule is [CH]=CCCCCCCCC#N. The maximum Gasteiger partial charge on any atom is 0.0621 e. The lowest BCUT2D eigenvalue weighted by molar-refractivity contribution is 0.624. The van der Waals surface area contributed by atoms with Crippen LogP contribution in [0.2, 0.25) is 0 Å². The van der Waals surface area contributed by atoms with E-state index >= 15 is 0 Å².